The van der Waals surface area contributed by atoms with Crippen molar-refractivity contribution in [2.75, 3.05) is 0 Å². The summed E-state index contributed by atoms with van der Waals surface area (Å²) >= 11 is 0. The lowest BCUT2D eigenvalue weighted by molar-refractivity contribution is -0.385. The maximum atomic E-state index is 12.7. The Morgan fingerprint density at radius 1 is 1.17 bits per heavy atom. The van der Waals surface area contributed by atoms with Crippen molar-refractivity contribution >= 4 is 17.5 Å². The molecule has 0 bridgehead atoms. The molecule has 0 aromatic heterocycles. The number of aryl methyl sites for hydroxylation is 1. The number of imide groups is 1. The molecule has 24 heavy (non-hydrogen) atoms. The third kappa shape index (κ3) is 2.90. The predicted octanol–water partition coefficient (Wildman–Crippen LogP) is 2.95. The van der Waals surface area contributed by atoms with Gasteiger partial charge in [0.15, 0.2) is 0 Å². The van der Waals surface area contributed by atoms with Gasteiger partial charge in [-0.25, -0.2) is 0 Å². The van der Waals surface area contributed by atoms with Gasteiger partial charge in [0, 0.05) is 18.1 Å². The first-order valence-electron chi connectivity index (χ1n) is 7.60. The second-order valence-corrected chi connectivity index (χ2v) is 5.88. The molecule has 1 saturated heterocycles. The van der Waals surface area contributed by atoms with Crippen LogP contribution in [-0.4, -0.2) is 21.6 Å². The van der Waals surface area contributed by atoms with Crippen LogP contribution in [0.3, 0.4) is 0 Å². The topological polar surface area (TPSA) is 80.5 Å². The summed E-state index contributed by atoms with van der Waals surface area (Å²) in [6.07, 6.45) is -0.0318. The van der Waals surface area contributed by atoms with E-state index in [0.717, 1.165) is 11.1 Å². The first-order valence-corrected chi connectivity index (χ1v) is 7.60. The Kier molecular flexibility index (Phi) is 4.12. The standard InChI is InChI=1S/C18H16N2O4/c1-12-7-8-16(20(23)24)14(9-12)15-10-17(21)19(18(15)22)11-13-5-3-2-4-6-13/h2-9,15H,10-11H2,1H3. The molecule has 2 aromatic rings. The Hall–Kier alpha value is -3.02. The highest BCUT2D eigenvalue weighted by molar-refractivity contribution is 6.06. The van der Waals surface area contributed by atoms with Gasteiger partial charge in [0.2, 0.25) is 11.8 Å². The van der Waals surface area contributed by atoms with E-state index in [1.165, 1.54) is 11.0 Å². The van der Waals surface area contributed by atoms with Crippen molar-refractivity contribution in [3.8, 4) is 0 Å². The fourth-order valence-electron chi connectivity index (χ4n) is 2.98. The molecule has 0 radical (unpaired) electrons. The third-order valence-corrected chi connectivity index (χ3v) is 4.18. The molecule has 0 spiro atoms. The molecule has 6 heteroatoms. The maximum Gasteiger partial charge on any atom is 0.273 e. The highest BCUT2D eigenvalue weighted by Gasteiger charge is 2.42. The molecule has 122 valence electrons. The van der Waals surface area contributed by atoms with Gasteiger partial charge in [0.1, 0.15) is 0 Å². The van der Waals surface area contributed by atoms with Gasteiger partial charge in [0.05, 0.1) is 17.4 Å². The average Bonchev–Trinajstić information content (AvgIpc) is 2.83. The minimum absolute atomic E-state index is 0.0318. The van der Waals surface area contributed by atoms with Gasteiger partial charge in [-0.05, 0) is 18.6 Å². The van der Waals surface area contributed by atoms with Crippen LogP contribution in [0.2, 0.25) is 0 Å². The van der Waals surface area contributed by atoms with Crippen LogP contribution in [0.15, 0.2) is 48.5 Å². The van der Waals surface area contributed by atoms with Crippen molar-refractivity contribution in [3.63, 3.8) is 0 Å². The number of likely N-dealkylation sites (tertiary alicyclic amines) is 1. The van der Waals surface area contributed by atoms with Crippen LogP contribution >= 0.6 is 0 Å². The van der Waals surface area contributed by atoms with E-state index in [2.05, 4.69) is 0 Å². The number of nitrogens with zero attached hydrogens (tertiary/aromatic N) is 2. The van der Waals surface area contributed by atoms with Crippen LogP contribution in [0.5, 0.6) is 0 Å². The number of nitro groups is 1. The van der Waals surface area contributed by atoms with Gasteiger partial charge in [-0.15, -0.1) is 0 Å². The van der Waals surface area contributed by atoms with Gasteiger partial charge >= 0.3 is 0 Å². The van der Waals surface area contributed by atoms with Crippen LogP contribution < -0.4 is 0 Å². The predicted molar refractivity (Wildman–Crippen MR) is 87.2 cm³/mol. The summed E-state index contributed by atoms with van der Waals surface area (Å²) in [6, 6.07) is 13.8. The number of hydrogen-bond donors (Lipinski definition) is 0. The number of carbonyl (C=O) groups excluding carboxylic acids is 2. The first kappa shape index (κ1) is 15.9. The van der Waals surface area contributed by atoms with E-state index in [9.17, 15) is 19.7 Å². The van der Waals surface area contributed by atoms with E-state index in [-0.39, 0.29) is 30.5 Å². The van der Waals surface area contributed by atoms with E-state index in [0.29, 0.717) is 5.56 Å². The lowest BCUT2D eigenvalue weighted by atomic mass is 9.94. The molecule has 0 N–H and O–H groups in total. The Bertz CT molecular complexity index is 817. The molecule has 1 unspecified atom stereocenters. The first-order chi connectivity index (χ1) is 11.5. The van der Waals surface area contributed by atoms with Crippen LogP contribution in [0, 0.1) is 17.0 Å². The molecule has 0 saturated carbocycles. The quantitative estimate of drug-likeness (QED) is 0.492. The largest absolute Gasteiger partial charge is 0.278 e. The molecule has 1 fully saturated rings. The van der Waals surface area contributed by atoms with Crippen molar-refractivity contribution < 1.29 is 14.5 Å². The number of nitro benzene ring substituents is 1. The normalized spacial score (nSPS) is 17.4. The maximum absolute atomic E-state index is 12.7. The zero-order chi connectivity index (χ0) is 17.3. The van der Waals surface area contributed by atoms with Gasteiger partial charge in [-0.3, -0.25) is 24.6 Å². The van der Waals surface area contributed by atoms with Gasteiger partial charge in [0.25, 0.3) is 5.69 Å². The van der Waals surface area contributed by atoms with Crippen molar-refractivity contribution in [1.82, 2.24) is 4.90 Å². The molecule has 1 aliphatic heterocycles. The SMILES string of the molecule is Cc1ccc([N+](=O)[O-])c(C2CC(=O)N(Cc3ccccc3)C2=O)c1. The molecule has 1 heterocycles. The molecule has 6 nitrogen and oxygen atoms in total. The summed E-state index contributed by atoms with van der Waals surface area (Å²) in [5.74, 6) is -1.47. The summed E-state index contributed by atoms with van der Waals surface area (Å²) < 4.78 is 0. The summed E-state index contributed by atoms with van der Waals surface area (Å²) in [5, 5.41) is 11.2. The Balaban J connectivity index is 1.92. The van der Waals surface area contributed by atoms with Crippen molar-refractivity contribution in [2.45, 2.75) is 25.8 Å². The van der Waals surface area contributed by atoms with E-state index in [1.807, 2.05) is 30.3 Å². The molecular weight excluding hydrogens is 308 g/mol. The van der Waals surface area contributed by atoms with Crippen LogP contribution in [-0.2, 0) is 16.1 Å². The highest BCUT2D eigenvalue weighted by atomic mass is 16.6. The smallest absolute Gasteiger partial charge is 0.273 e. The summed E-state index contributed by atoms with van der Waals surface area (Å²) in [5.41, 5.74) is 1.86. The fourth-order valence-corrected chi connectivity index (χ4v) is 2.98. The van der Waals surface area contributed by atoms with Gasteiger partial charge < -0.3 is 0 Å². The molecule has 2 amide bonds. The summed E-state index contributed by atoms with van der Waals surface area (Å²) in [7, 11) is 0. The molecule has 2 aromatic carbocycles. The Morgan fingerprint density at radius 2 is 1.88 bits per heavy atom. The van der Waals surface area contributed by atoms with E-state index in [4.69, 9.17) is 0 Å². The zero-order valence-electron chi connectivity index (χ0n) is 13.1. The molecule has 0 aliphatic carbocycles. The fraction of sp³-hybridized carbons (Fsp3) is 0.222. The second-order valence-electron chi connectivity index (χ2n) is 5.88. The second kappa shape index (κ2) is 6.23. The molecule has 3 rings (SSSR count). The van der Waals surface area contributed by atoms with Gasteiger partial charge in [-0.1, -0.05) is 42.0 Å². The lowest BCUT2D eigenvalue weighted by Crippen LogP contribution is -2.29. The monoisotopic (exact) mass is 324 g/mol. The number of benzene rings is 2. The van der Waals surface area contributed by atoms with Crippen molar-refractivity contribution in [1.29, 1.82) is 0 Å². The molecule has 1 atom stereocenters. The van der Waals surface area contributed by atoms with Crippen molar-refractivity contribution in [2.24, 2.45) is 0 Å². The molecular formula is C18H16N2O4. The highest BCUT2D eigenvalue weighted by Crippen LogP contribution is 2.36. The molecule has 1 aliphatic rings. The van der Waals surface area contributed by atoms with E-state index in [1.54, 1.807) is 19.1 Å². The number of rotatable bonds is 4. The summed E-state index contributed by atoms with van der Waals surface area (Å²) in [4.78, 5) is 36.9. The summed E-state index contributed by atoms with van der Waals surface area (Å²) in [6.45, 7) is 1.99. The third-order valence-electron chi connectivity index (χ3n) is 4.18. The average molecular weight is 324 g/mol. The lowest BCUT2D eigenvalue weighted by Gasteiger charge is -2.15. The Morgan fingerprint density at radius 3 is 2.54 bits per heavy atom. The van der Waals surface area contributed by atoms with E-state index >= 15 is 0 Å². The van der Waals surface area contributed by atoms with E-state index < -0.39 is 10.8 Å². The van der Waals surface area contributed by atoms with Gasteiger partial charge in [-0.2, -0.15) is 0 Å². The van der Waals surface area contributed by atoms with Crippen LogP contribution in [0.4, 0.5) is 5.69 Å². The zero-order valence-corrected chi connectivity index (χ0v) is 13.1. The van der Waals surface area contributed by atoms with Crippen LogP contribution in [0.1, 0.15) is 29.0 Å². The minimum atomic E-state index is -0.790. The minimum Gasteiger partial charge on any atom is -0.278 e. The number of hydrogen-bond acceptors (Lipinski definition) is 4. The van der Waals surface area contributed by atoms with Crippen molar-refractivity contribution in [3.05, 3.63) is 75.3 Å². The van der Waals surface area contributed by atoms with Crippen LogP contribution in [0.25, 0.3) is 0 Å². The number of carbonyl (C=O) groups is 2. The number of amides is 2. The Labute approximate surface area is 138 Å².